The Labute approximate surface area is 195 Å². The Bertz CT molecular complexity index is 1420. The number of ether oxygens (including phenoxy) is 1. The number of likely N-dealkylation sites (tertiary alicyclic amines) is 1. The summed E-state index contributed by atoms with van der Waals surface area (Å²) in [5, 5.41) is 4.52. The number of hydrogen-bond donors (Lipinski definition) is 0. The summed E-state index contributed by atoms with van der Waals surface area (Å²) in [7, 11) is 0. The summed E-state index contributed by atoms with van der Waals surface area (Å²) in [6.45, 7) is 2.64. The lowest BCUT2D eigenvalue weighted by molar-refractivity contribution is 0.0723. The van der Waals surface area contributed by atoms with Crippen molar-refractivity contribution in [3.8, 4) is 11.4 Å². The highest BCUT2D eigenvalue weighted by atomic mass is 16.5. The number of carbonyl (C=O) groups is 1. The van der Waals surface area contributed by atoms with Crippen LogP contribution in [0.5, 0.6) is 5.75 Å². The highest BCUT2D eigenvalue weighted by molar-refractivity contribution is 5.95. The molecule has 34 heavy (non-hydrogen) atoms. The van der Waals surface area contributed by atoms with E-state index < -0.39 is 0 Å². The molecule has 0 radical (unpaired) electrons. The van der Waals surface area contributed by atoms with Crippen molar-refractivity contribution >= 4 is 23.1 Å². The monoisotopic (exact) mass is 456 g/mol. The molecule has 1 fully saturated rings. The molecule has 1 saturated heterocycles. The van der Waals surface area contributed by atoms with Crippen LogP contribution in [0.2, 0.25) is 0 Å². The molecule has 5 heterocycles. The Morgan fingerprint density at radius 1 is 0.941 bits per heavy atom. The number of amides is 1. The third-order valence-corrected chi connectivity index (χ3v) is 6.37. The molecule has 1 amide bonds. The van der Waals surface area contributed by atoms with Gasteiger partial charge in [-0.25, -0.2) is 14.2 Å². The molecule has 0 saturated carbocycles. The van der Waals surface area contributed by atoms with Crippen LogP contribution in [0.15, 0.2) is 65.7 Å². The van der Waals surface area contributed by atoms with Crippen LogP contribution >= 0.6 is 0 Å². The van der Waals surface area contributed by atoms with Crippen LogP contribution in [-0.2, 0) is 0 Å². The Morgan fingerprint density at radius 2 is 1.76 bits per heavy atom. The molecule has 4 aromatic rings. The van der Waals surface area contributed by atoms with Crippen molar-refractivity contribution in [2.45, 2.75) is 19.3 Å². The Balaban J connectivity index is 1.33. The lowest BCUT2D eigenvalue weighted by atomic mass is 10.1. The average molecular weight is 457 g/mol. The fraction of sp³-hybridized carbons (Fsp3) is 0.280. The minimum absolute atomic E-state index is 0.00275. The van der Waals surface area contributed by atoms with Crippen LogP contribution in [-0.4, -0.2) is 56.2 Å². The van der Waals surface area contributed by atoms with Gasteiger partial charge >= 0.3 is 5.69 Å². The predicted octanol–water partition coefficient (Wildman–Crippen LogP) is 3.04. The van der Waals surface area contributed by atoms with Crippen molar-refractivity contribution < 1.29 is 9.53 Å². The Morgan fingerprint density at radius 3 is 2.59 bits per heavy atom. The zero-order valence-electron chi connectivity index (χ0n) is 18.6. The number of aromatic nitrogens is 4. The van der Waals surface area contributed by atoms with Gasteiger partial charge in [-0.05, 0) is 43.5 Å². The Hall–Kier alpha value is -4.14. The second kappa shape index (κ2) is 8.33. The van der Waals surface area contributed by atoms with E-state index in [-0.39, 0.29) is 11.6 Å². The summed E-state index contributed by atoms with van der Waals surface area (Å²) < 4.78 is 8.78. The van der Waals surface area contributed by atoms with Gasteiger partial charge in [0, 0.05) is 37.2 Å². The highest BCUT2D eigenvalue weighted by Gasteiger charge is 2.25. The first-order valence-electron chi connectivity index (χ1n) is 11.6. The topological polar surface area (TPSA) is 85.0 Å². The average Bonchev–Trinajstić information content (AvgIpc) is 3.24. The molecule has 2 aliphatic heterocycles. The van der Waals surface area contributed by atoms with Gasteiger partial charge in [0.1, 0.15) is 6.61 Å². The largest absolute Gasteiger partial charge is 0.488 e. The SMILES string of the molecule is O=C(c1cnc2c(c1)OCCN2c1ccn2c(=O)n(-c3ccccc3)nc2c1)N1CCCCC1. The smallest absolute Gasteiger partial charge is 0.355 e. The Kier molecular flexibility index (Phi) is 5.01. The summed E-state index contributed by atoms with van der Waals surface area (Å²) in [5.41, 5.74) is 2.42. The van der Waals surface area contributed by atoms with Crippen molar-refractivity contribution in [2.75, 3.05) is 31.1 Å². The highest BCUT2D eigenvalue weighted by Crippen LogP contribution is 2.35. The van der Waals surface area contributed by atoms with Gasteiger partial charge in [-0.1, -0.05) is 18.2 Å². The number of benzene rings is 1. The molecule has 2 aliphatic rings. The van der Waals surface area contributed by atoms with Crippen molar-refractivity contribution in [2.24, 2.45) is 0 Å². The molecule has 1 aromatic carbocycles. The molecule has 0 aliphatic carbocycles. The standard InChI is InChI=1S/C25H24N6O3/c32-24(28-10-5-2-6-11-28)18-15-21-23(26-17-18)29(13-14-34-21)20-9-12-30-22(16-20)27-31(25(30)33)19-7-3-1-4-8-19/h1,3-4,7-9,12,15-17H,2,5-6,10-11,13-14H2. The van der Waals surface area contributed by atoms with Gasteiger partial charge in [-0.3, -0.25) is 4.79 Å². The zero-order valence-corrected chi connectivity index (χ0v) is 18.6. The quantitative estimate of drug-likeness (QED) is 0.471. The van der Waals surface area contributed by atoms with E-state index >= 15 is 0 Å². The van der Waals surface area contributed by atoms with Crippen LogP contribution in [0.3, 0.4) is 0 Å². The normalized spacial score (nSPS) is 15.8. The summed E-state index contributed by atoms with van der Waals surface area (Å²) in [4.78, 5) is 34.3. The van der Waals surface area contributed by atoms with E-state index in [0.717, 1.165) is 31.6 Å². The molecule has 0 unspecified atom stereocenters. The molecule has 9 heteroatoms. The first-order valence-corrected chi connectivity index (χ1v) is 11.6. The van der Waals surface area contributed by atoms with E-state index in [1.54, 1.807) is 18.5 Å². The molecule has 6 rings (SSSR count). The zero-order chi connectivity index (χ0) is 23.1. The van der Waals surface area contributed by atoms with Crippen LogP contribution in [0.25, 0.3) is 11.3 Å². The molecule has 3 aromatic heterocycles. The van der Waals surface area contributed by atoms with Gasteiger partial charge in [0.05, 0.1) is 17.8 Å². The lowest BCUT2D eigenvalue weighted by Gasteiger charge is -2.31. The third kappa shape index (κ3) is 3.49. The summed E-state index contributed by atoms with van der Waals surface area (Å²) >= 11 is 0. The van der Waals surface area contributed by atoms with E-state index in [0.29, 0.717) is 41.6 Å². The summed E-state index contributed by atoms with van der Waals surface area (Å²) in [5.74, 6) is 1.24. The van der Waals surface area contributed by atoms with Gasteiger partial charge in [0.2, 0.25) is 0 Å². The predicted molar refractivity (Wildman–Crippen MR) is 127 cm³/mol. The van der Waals surface area contributed by atoms with Crippen molar-refractivity contribution in [1.29, 1.82) is 0 Å². The maximum atomic E-state index is 12.9. The van der Waals surface area contributed by atoms with Gasteiger partial charge in [0.25, 0.3) is 5.91 Å². The number of hydrogen-bond acceptors (Lipinski definition) is 6. The minimum atomic E-state index is -0.228. The van der Waals surface area contributed by atoms with E-state index in [4.69, 9.17) is 4.74 Å². The number of para-hydroxylation sites is 1. The second-order valence-electron chi connectivity index (χ2n) is 8.54. The maximum absolute atomic E-state index is 12.9. The van der Waals surface area contributed by atoms with Crippen LogP contribution in [0.4, 0.5) is 11.5 Å². The van der Waals surface area contributed by atoms with Crippen LogP contribution in [0, 0.1) is 0 Å². The van der Waals surface area contributed by atoms with Crippen LogP contribution < -0.4 is 15.3 Å². The minimum Gasteiger partial charge on any atom is -0.488 e. The maximum Gasteiger partial charge on any atom is 0.355 e. The lowest BCUT2D eigenvalue weighted by Crippen LogP contribution is -2.36. The van der Waals surface area contributed by atoms with Gasteiger partial charge < -0.3 is 14.5 Å². The van der Waals surface area contributed by atoms with Crippen LogP contribution in [0.1, 0.15) is 29.6 Å². The number of rotatable bonds is 3. The summed E-state index contributed by atoms with van der Waals surface area (Å²) in [6, 6.07) is 14.9. The van der Waals surface area contributed by atoms with E-state index in [1.165, 1.54) is 15.5 Å². The van der Waals surface area contributed by atoms with E-state index in [9.17, 15) is 9.59 Å². The molecule has 0 N–H and O–H groups in total. The molecule has 0 spiro atoms. The fourth-order valence-corrected chi connectivity index (χ4v) is 4.62. The molecule has 9 nitrogen and oxygen atoms in total. The molecule has 172 valence electrons. The van der Waals surface area contributed by atoms with E-state index in [2.05, 4.69) is 10.1 Å². The first kappa shape index (κ1) is 20.5. The van der Waals surface area contributed by atoms with Crippen molar-refractivity contribution in [3.05, 3.63) is 77.0 Å². The van der Waals surface area contributed by atoms with Gasteiger partial charge in [-0.2, -0.15) is 4.68 Å². The fourth-order valence-electron chi connectivity index (χ4n) is 4.62. The van der Waals surface area contributed by atoms with Gasteiger partial charge in [-0.15, -0.1) is 5.10 Å². The van der Waals surface area contributed by atoms with Gasteiger partial charge in [0.15, 0.2) is 17.2 Å². The first-order chi connectivity index (χ1) is 16.7. The molecular weight excluding hydrogens is 432 g/mol. The third-order valence-electron chi connectivity index (χ3n) is 6.37. The number of fused-ring (bicyclic) bond motifs is 2. The van der Waals surface area contributed by atoms with Crippen molar-refractivity contribution in [3.63, 3.8) is 0 Å². The molecule has 0 bridgehead atoms. The number of carbonyl (C=O) groups excluding carboxylic acids is 1. The number of pyridine rings is 2. The van der Waals surface area contributed by atoms with Crippen molar-refractivity contribution in [1.82, 2.24) is 24.1 Å². The number of nitrogens with zero attached hydrogens (tertiary/aromatic N) is 6. The molecular formula is C25H24N6O3. The second-order valence-corrected chi connectivity index (χ2v) is 8.54. The number of anilines is 2. The summed E-state index contributed by atoms with van der Waals surface area (Å²) in [6.07, 6.45) is 6.61. The number of piperidine rings is 1. The van der Waals surface area contributed by atoms with E-state index in [1.807, 2.05) is 52.3 Å². The molecule has 0 atom stereocenters.